The Labute approximate surface area is 102 Å². The zero-order valence-electron chi connectivity index (χ0n) is 6.60. The predicted octanol–water partition coefficient (Wildman–Crippen LogP) is 5.52. The topological polar surface area (TPSA) is 0 Å². The summed E-state index contributed by atoms with van der Waals surface area (Å²) in [5.41, 5.74) is 0.725. The van der Waals surface area contributed by atoms with Gasteiger partial charge in [0.05, 0.1) is 25.1 Å². The van der Waals surface area contributed by atoms with E-state index in [1.54, 1.807) is 0 Å². The molecule has 0 atom stereocenters. The highest BCUT2D eigenvalue weighted by Crippen LogP contribution is 2.43. The molecule has 0 radical (unpaired) electrons. The van der Waals surface area contributed by atoms with Gasteiger partial charge in [0, 0.05) is 0 Å². The van der Waals surface area contributed by atoms with Crippen LogP contribution in [0.2, 0.25) is 25.1 Å². The molecular formula is C8H5Cl5. The van der Waals surface area contributed by atoms with Gasteiger partial charge in [-0.25, -0.2) is 0 Å². The summed E-state index contributed by atoms with van der Waals surface area (Å²) in [6.45, 7) is 1.91. The summed E-state index contributed by atoms with van der Waals surface area (Å²) in [5, 5.41) is 1.48. The van der Waals surface area contributed by atoms with Gasteiger partial charge in [-0.1, -0.05) is 64.9 Å². The van der Waals surface area contributed by atoms with E-state index < -0.39 is 0 Å². The fraction of sp³-hybridized carbons (Fsp3) is 0.250. The minimum absolute atomic E-state index is 0.204. The summed E-state index contributed by atoms with van der Waals surface area (Å²) in [6.07, 6.45) is 0.661. The summed E-state index contributed by atoms with van der Waals surface area (Å²) >= 11 is 29.3. The summed E-state index contributed by atoms with van der Waals surface area (Å²) in [5.74, 6) is 0. The maximum absolute atomic E-state index is 5.92. The lowest BCUT2D eigenvalue weighted by atomic mass is 10.2. The molecule has 0 N–H and O–H groups in total. The lowest BCUT2D eigenvalue weighted by Crippen LogP contribution is -1.88. The van der Waals surface area contributed by atoms with Crippen molar-refractivity contribution < 1.29 is 0 Å². The Morgan fingerprint density at radius 2 is 1.00 bits per heavy atom. The molecule has 1 aromatic carbocycles. The average molecular weight is 278 g/mol. The maximum Gasteiger partial charge on any atom is 0.0809 e. The van der Waals surface area contributed by atoms with E-state index >= 15 is 0 Å². The third-order valence-corrected chi connectivity index (χ3v) is 4.01. The van der Waals surface area contributed by atoms with Crippen LogP contribution < -0.4 is 0 Å². The van der Waals surface area contributed by atoms with Crippen molar-refractivity contribution in [1.82, 2.24) is 0 Å². The largest absolute Gasteiger partial charge is 0.0823 e. The van der Waals surface area contributed by atoms with E-state index in [1.807, 2.05) is 6.92 Å². The first-order chi connectivity index (χ1) is 6.00. The minimum atomic E-state index is 0.204. The van der Waals surface area contributed by atoms with Crippen molar-refractivity contribution in [3.63, 3.8) is 0 Å². The Kier molecular flexibility index (Phi) is 4.03. The molecule has 0 aliphatic rings. The summed E-state index contributed by atoms with van der Waals surface area (Å²) in [6, 6.07) is 0. The smallest absolute Gasteiger partial charge is 0.0809 e. The molecule has 0 amide bonds. The van der Waals surface area contributed by atoms with E-state index in [0.29, 0.717) is 16.5 Å². The molecule has 0 heterocycles. The van der Waals surface area contributed by atoms with Gasteiger partial charge in [-0.15, -0.1) is 0 Å². The predicted molar refractivity (Wildman–Crippen MR) is 60.9 cm³/mol. The molecule has 0 aliphatic carbocycles. The first kappa shape index (κ1) is 11.7. The van der Waals surface area contributed by atoms with Crippen LogP contribution in [0.15, 0.2) is 0 Å². The van der Waals surface area contributed by atoms with Gasteiger partial charge in [0.2, 0.25) is 0 Å². The molecule has 0 spiro atoms. The van der Waals surface area contributed by atoms with E-state index in [1.165, 1.54) is 0 Å². The normalized spacial score (nSPS) is 10.6. The standard InChI is InChI=1S/C8H5Cl5/c1-2-3-4(9)6(11)8(13)7(12)5(3)10/h2H2,1H3. The SMILES string of the molecule is CCc1c(Cl)c(Cl)c(Cl)c(Cl)c1Cl. The Morgan fingerprint density at radius 3 is 1.31 bits per heavy atom. The third-order valence-electron chi connectivity index (χ3n) is 1.65. The van der Waals surface area contributed by atoms with Gasteiger partial charge in [-0.05, 0) is 12.0 Å². The minimum Gasteiger partial charge on any atom is -0.0823 e. The van der Waals surface area contributed by atoms with Crippen molar-refractivity contribution in [3.8, 4) is 0 Å². The molecule has 13 heavy (non-hydrogen) atoms. The van der Waals surface area contributed by atoms with E-state index in [2.05, 4.69) is 0 Å². The van der Waals surface area contributed by atoms with E-state index in [4.69, 9.17) is 58.0 Å². The van der Waals surface area contributed by atoms with Crippen molar-refractivity contribution in [2.24, 2.45) is 0 Å². The summed E-state index contributed by atoms with van der Waals surface area (Å²) < 4.78 is 0. The zero-order valence-corrected chi connectivity index (χ0v) is 10.4. The van der Waals surface area contributed by atoms with Crippen LogP contribution in [0.1, 0.15) is 12.5 Å². The molecule has 0 bridgehead atoms. The van der Waals surface area contributed by atoms with Crippen LogP contribution >= 0.6 is 58.0 Å². The Hall–Kier alpha value is 0.670. The highest BCUT2D eigenvalue weighted by Gasteiger charge is 2.17. The molecular weight excluding hydrogens is 273 g/mol. The van der Waals surface area contributed by atoms with Crippen molar-refractivity contribution in [3.05, 3.63) is 30.7 Å². The molecule has 0 nitrogen and oxygen atoms in total. The molecule has 72 valence electrons. The number of hydrogen-bond donors (Lipinski definition) is 0. The molecule has 0 aliphatic heterocycles. The monoisotopic (exact) mass is 276 g/mol. The van der Waals surface area contributed by atoms with Crippen molar-refractivity contribution in [2.75, 3.05) is 0 Å². The van der Waals surface area contributed by atoms with Gasteiger partial charge < -0.3 is 0 Å². The third kappa shape index (κ3) is 2.03. The second kappa shape index (κ2) is 4.46. The highest BCUT2D eigenvalue weighted by molar-refractivity contribution is 6.55. The molecule has 0 unspecified atom stereocenters. The van der Waals surface area contributed by atoms with Gasteiger partial charge in [-0.3, -0.25) is 0 Å². The van der Waals surface area contributed by atoms with Crippen LogP contribution in [0.3, 0.4) is 0 Å². The lowest BCUT2D eigenvalue weighted by molar-refractivity contribution is 1.14. The maximum atomic E-state index is 5.92. The summed E-state index contributed by atoms with van der Waals surface area (Å²) in [7, 11) is 0. The van der Waals surface area contributed by atoms with Crippen molar-refractivity contribution in [2.45, 2.75) is 13.3 Å². The Balaban J connectivity index is 3.56. The van der Waals surface area contributed by atoms with Crippen LogP contribution in [0.4, 0.5) is 0 Å². The first-order valence-corrected chi connectivity index (χ1v) is 5.40. The second-order valence-corrected chi connectivity index (χ2v) is 4.29. The molecule has 0 saturated carbocycles. The van der Waals surface area contributed by atoms with Gasteiger partial charge in [0.1, 0.15) is 0 Å². The zero-order chi connectivity index (χ0) is 10.2. The van der Waals surface area contributed by atoms with Gasteiger partial charge in [0.25, 0.3) is 0 Å². The van der Waals surface area contributed by atoms with Crippen molar-refractivity contribution in [1.29, 1.82) is 0 Å². The Morgan fingerprint density at radius 1 is 0.692 bits per heavy atom. The molecule has 1 rings (SSSR count). The van der Waals surface area contributed by atoms with Crippen LogP contribution in [0, 0.1) is 0 Å². The quantitative estimate of drug-likeness (QED) is 0.469. The Bertz CT molecular complexity index is 316. The van der Waals surface area contributed by atoms with E-state index in [9.17, 15) is 0 Å². The lowest BCUT2D eigenvalue weighted by Gasteiger charge is -2.10. The average Bonchev–Trinajstić information content (AvgIpc) is 2.13. The second-order valence-electron chi connectivity index (χ2n) is 2.40. The van der Waals surface area contributed by atoms with Crippen molar-refractivity contribution >= 4 is 58.0 Å². The van der Waals surface area contributed by atoms with Crippen LogP contribution in [0.25, 0.3) is 0 Å². The van der Waals surface area contributed by atoms with Gasteiger partial charge in [-0.2, -0.15) is 0 Å². The first-order valence-electron chi connectivity index (χ1n) is 3.51. The van der Waals surface area contributed by atoms with Gasteiger partial charge in [0.15, 0.2) is 0 Å². The van der Waals surface area contributed by atoms with E-state index in [-0.39, 0.29) is 15.1 Å². The fourth-order valence-corrected chi connectivity index (χ4v) is 2.41. The number of rotatable bonds is 1. The highest BCUT2D eigenvalue weighted by atomic mass is 35.5. The fourth-order valence-electron chi connectivity index (χ4n) is 0.961. The molecule has 0 aromatic heterocycles. The van der Waals surface area contributed by atoms with Crippen LogP contribution in [0.5, 0.6) is 0 Å². The van der Waals surface area contributed by atoms with Crippen LogP contribution in [-0.2, 0) is 6.42 Å². The van der Waals surface area contributed by atoms with Crippen LogP contribution in [-0.4, -0.2) is 0 Å². The van der Waals surface area contributed by atoms with Gasteiger partial charge >= 0.3 is 0 Å². The van der Waals surface area contributed by atoms with E-state index in [0.717, 1.165) is 5.56 Å². The number of hydrogen-bond acceptors (Lipinski definition) is 0. The molecule has 0 fully saturated rings. The molecule has 5 heteroatoms. The molecule has 0 saturated heterocycles. The number of benzene rings is 1. The summed E-state index contributed by atoms with van der Waals surface area (Å²) in [4.78, 5) is 0. The molecule has 1 aromatic rings. The number of halogens is 5.